The molecule has 0 radical (unpaired) electrons. The van der Waals surface area contributed by atoms with Crippen molar-refractivity contribution in [3.63, 3.8) is 0 Å². The van der Waals surface area contributed by atoms with E-state index in [0.29, 0.717) is 16.3 Å². The van der Waals surface area contributed by atoms with Crippen LogP contribution in [0.5, 0.6) is 0 Å². The first-order valence-electron chi connectivity index (χ1n) is 8.14. The quantitative estimate of drug-likeness (QED) is 0.640. The molecule has 0 amide bonds. The van der Waals surface area contributed by atoms with Crippen LogP contribution in [-0.4, -0.2) is 16.3 Å². The smallest absolute Gasteiger partial charge is 0.369 e. The average Bonchev–Trinajstić information content (AvgIpc) is 3.17. The predicted octanol–water partition coefficient (Wildman–Crippen LogP) is 5.49. The van der Waals surface area contributed by atoms with Gasteiger partial charge in [0.2, 0.25) is 0 Å². The number of rotatable bonds is 2. The number of nitrogens with one attached hydrogen (secondary N) is 1. The van der Waals surface area contributed by atoms with Gasteiger partial charge < -0.3 is 5.32 Å². The molecule has 2 aromatic carbocycles. The van der Waals surface area contributed by atoms with Crippen LogP contribution in [0.1, 0.15) is 16.7 Å². The van der Waals surface area contributed by atoms with Crippen molar-refractivity contribution in [3.05, 3.63) is 64.2 Å². The van der Waals surface area contributed by atoms with Crippen molar-refractivity contribution in [2.24, 2.45) is 0 Å². The maximum absolute atomic E-state index is 12.8. The molecule has 4 rings (SSSR count). The molecule has 1 aliphatic heterocycles. The Morgan fingerprint density at radius 1 is 1.12 bits per heavy atom. The van der Waals surface area contributed by atoms with Gasteiger partial charge in [-0.3, -0.25) is 0 Å². The number of nitrogens with zero attached hydrogens (tertiary/aromatic N) is 2. The molecular weight excluding hydrogens is 363 g/mol. The molecule has 2 heterocycles. The van der Waals surface area contributed by atoms with Crippen LogP contribution in [-0.2, 0) is 12.6 Å². The number of aromatic nitrogens is 2. The van der Waals surface area contributed by atoms with Crippen LogP contribution in [0.4, 0.5) is 19.0 Å². The molecule has 0 fully saturated rings. The SMILES string of the molecule is Cc1cc(Cl)ccc1-n1nc(-c2ccc(C(F)(F)F)cc2)c2c1NCC2. The first kappa shape index (κ1) is 17.0. The predicted molar refractivity (Wildman–Crippen MR) is 95.9 cm³/mol. The van der Waals surface area contributed by atoms with Gasteiger partial charge >= 0.3 is 6.18 Å². The molecule has 0 saturated carbocycles. The Morgan fingerprint density at radius 2 is 1.85 bits per heavy atom. The van der Waals surface area contributed by atoms with E-state index in [4.69, 9.17) is 11.6 Å². The number of alkyl halides is 3. The summed E-state index contributed by atoms with van der Waals surface area (Å²) in [6.07, 6.45) is -3.57. The zero-order valence-electron chi connectivity index (χ0n) is 13.9. The van der Waals surface area contributed by atoms with E-state index in [1.165, 1.54) is 12.1 Å². The van der Waals surface area contributed by atoms with Crippen molar-refractivity contribution in [1.29, 1.82) is 0 Å². The summed E-state index contributed by atoms with van der Waals surface area (Å²) in [4.78, 5) is 0. The third-order valence-electron chi connectivity index (χ3n) is 4.52. The topological polar surface area (TPSA) is 29.9 Å². The van der Waals surface area contributed by atoms with E-state index in [2.05, 4.69) is 10.4 Å². The van der Waals surface area contributed by atoms with Crippen LogP contribution in [0.15, 0.2) is 42.5 Å². The monoisotopic (exact) mass is 377 g/mol. The molecule has 0 aliphatic carbocycles. The molecule has 0 bridgehead atoms. The minimum atomic E-state index is -4.35. The van der Waals surface area contributed by atoms with Crippen molar-refractivity contribution >= 4 is 17.4 Å². The second kappa shape index (κ2) is 6.06. The minimum absolute atomic E-state index is 0.644. The van der Waals surface area contributed by atoms with Crippen LogP contribution in [0, 0.1) is 6.92 Å². The fourth-order valence-electron chi connectivity index (χ4n) is 3.25. The summed E-state index contributed by atoms with van der Waals surface area (Å²) in [6.45, 7) is 2.72. The van der Waals surface area contributed by atoms with Gasteiger partial charge in [0.1, 0.15) is 5.82 Å². The van der Waals surface area contributed by atoms with Gasteiger partial charge in [-0.1, -0.05) is 23.7 Å². The summed E-state index contributed by atoms with van der Waals surface area (Å²) in [7, 11) is 0. The molecule has 26 heavy (non-hydrogen) atoms. The fraction of sp³-hybridized carbons (Fsp3) is 0.211. The maximum Gasteiger partial charge on any atom is 0.416 e. The number of hydrogen-bond donors (Lipinski definition) is 1. The lowest BCUT2D eigenvalue weighted by molar-refractivity contribution is -0.137. The van der Waals surface area contributed by atoms with Gasteiger partial charge in [-0.2, -0.15) is 18.3 Å². The molecule has 1 aromatic heterocycles. The molecular formula is C19H15ClF3N3. The maximum atomic E-state index is 12.8. The van der Waals surface area contributed by atoms with E-state index in [1.54, 1.807) is 10.7 Å². The Morgan fingerprint density at radius 3 is 2.50 bits per heavy atom. The largest absolute Gasteiger partial charge is 0.416 e. The molecule has 1 N–H and O–H groups in total. The molecule has 134 valence electrons. The van der Waals surface area contributed by atoms with Gasteiger partial charge in [0.05, 0.1) is 16.9 Å². The van der Waals surface area contributed by atoms with E-state index in [0.717, 1.165) is 47.7 Å². The van der Waals surface area contributed by atoms with Crippen LogP contribution in [0.3, 0.4) is 0 Å². The van der Waals surface area contributed by atoms with Crippen LogP contribution in [0.2, 0.25) is 5.02 Å². The number of fused-ring (bicyclic) bond motifs is 1. The summed E-state index contributed by atoms with van der Waals surface area (Å²) in [6, 6.07) is 10.7. The molecule has 0 unspecified atom stereocenters. The van der Waals surface area contributed by atoms with Gasteiger partial charge in [-0.05, 0) is 49.2 Å². The summed E-state index contributed by atoms with van der Waals surface area (Å²) in [5.74, 6) is 0.880. The molecule has 0 spiro atoms. The number of hydrogen-bond acceptors (Lipinski definition) is 2. The second-order valence-electron chi connectivity index (χ2n) is 6.27. The highest BCUT2D eigenvalue weighted by molar-refractivity contribution is 6.30. The van der Waals surface area contributed by atoms with Crippen molar-refractivity contribution in [2.75, 3.05) is 11.9 Å². The van der Waals surface area contributed by atoms with Crippen LogP contribution in [0.25, 0.3) is 16.9 Å². The average molecular weight is 378 g/mol. The minimum Gasteiger partial charge on any atom is -0.369 e. The zero-order chi connectivity index (χ0) is 18.5. The lowest BCUT2D eigenvalue weighted by atomic mass is 10.0. The van der Waals surface area contributed by atoms with Gasteiger partial charge in [-0.25, -0.2) is 4.68 Å². The highest BCUT2D eigenvalue weighted by Crippen LogP contribution is 2.37. The third kappa shape index (κ3) is 2.84. The normalized spacial score (nSPS) is 13.6. The first-order valence-corrected chi connectivity index (χ1v) is 8.52. The lowest BCUT2D eigenvalue weighted by Crippen LogP contribution is -2.06. The fourth-order valence-corrected chi connectivity index (χ4v) is 3.48. The van der Waals surface area contributed by atoms with Gasteiger partial charge in [0.15, 0.2) is 0 Å². The number of benzene rings is 2. The Bertz CT molecular complexity index is 975. The van der Waals surface area contributed by atoms with Crippen molar-refractivity contribution in [2.45, 2.75) is 19.5 Å². The third-order valence-corrected chi connectivity index (χ3v) is 4.76. The highest BCUT2D eigenvalue weighted by atomic mass is 35.5. The Labute approximate surface area is 153 Å². The summed E-state index contributed by atoms with van der Waals surface area (Å²) in [5, 5.41) is 8.65. The van der Waals surface area contributed by atoms with E-state index < -0.39 is 11.7 Å². The highest BCUT2D eigenvalue weighted by Gasteiger charge is 2.30. The molecule has 7 heteroatoms. The molecule has 1 aliphatic rings. The van der Waals surface area contributed by atoms with Gasteiger partial charge in [-0.15, -0.1) is 0 Å². The van der Waals surface area contributed by atoms with E-state index in [9.17, 15) is 13.2 Å². The summed E-state index contributed by atoms with van der Waals surface area (Å²) >= 11 is 6.04. The summed E-state index contributed by atoms with van der Waals surface area (Å²) in [5.41, 5.74) is 3.58. The molecule has 0 saturated heterocycles. The number of anilines is 1. The van der Waals surface area contributed by atoms with E-state index in [1.807, 2.05) is 19.1 Å². The van der Waals surface area contributed by atoms with Crippen LogP contribution >= 0.6 is 11.6 Å². The van der Waals surface area contributed by atoms with Gasteiger partial charge in [0.25, 0.3) is 0 Å². The first-order chi connectivity index (χ1) is 12.3. The number of halogens is 4. The standard InChI is InChI=1S/C19H15ClF3N3/c1-11-10-14(20)6-7-16(11)26-18-15(8-9-24-18)17(25-26)12-2-4-13(5-3-12)19(21,22)23/h2-7,10,24H,8-9H2,1H3. The van der Waals surface area contributed by atoms with Crippen molar-refractivity contribution in [3.8, 4) is 16.9 Å². The lowest BCUT2D eigenvalue weighted by Gasteiger charge is -2.10. The Balaban J connectivity index is 1.82. The molecule has 0 atom stereocenters. The summed E-state index contributed by atoms with van der Waals surface area (Å²) < 4.78 is 40.2. The number of aryl methyl sites for hydroxylation is 1. The molecule has 3 aromatic rings. The van der Waals surface area contributed by atoms with Crippen LogP contribution < -0.4 is 5.32 Å². The Hall–Kier alpha value is -2.47. The Kier molecular flexibility index (Phi) is 3.95. The second-order valence-corrected chi connectivity index (χ2v) is 6.71. The van der Waals surface area contributed by atoms with Gasteiger partial charge in [0, 0.05) is 22.7 Å². The van der Waals surface area contributed by atoms with E-state index in [-0.39, 0.29) is 0 Å². The molecule has 3 nitrogen and oxygen atoms in total. The van der Waals surface area contributed by atoms with E-state index >= 15 is 0 Å². The van der Waals surface area contributed by atoms with Crippen molar-refractivity contribution < 1.29 is 13.2 Å². The van der Waals surface area contributed by atoms with Crippen molar-refractivity contribution in [1.82, 2.24) is 9.78 Å². The zero-order valence-corrected chi connectivity index (χ0v) is 14.6.